The number of nitrogens with zero attached hydrogens (tertiary/aromatic N) is 4. The van der Waals surface area contributed by atoms with Crippen LogP contribution in [0.1, 0.15) is 33.6 Å². The Balaban J connectivity index is 1.41. The van der Waals surface area contributed by atoms with Crippen LogP contribution in [0.2, 0.25) is 0 Å². The van der Waals surface area contributed by atoms with Gasteiger partial charge in [0.05, 0.1) is 16.5 Å². The number of thiophene rings is 1. The molecule has 9 heteroatoms. The number of anilines is 1. The highest BCUT2D eigenvalue weighted by molar-refractivity contribution is 7.16. The van der Waals surface area contributed by atoms with Crippen LogP contribution in [0.4, 0.5) is 5.82 Å². The van der Waals surface area contributed by atoms with Crippen molar-refractivity contribution in [1.29, 1.82) is 0 Å². The van der Waals surface area contributed by atoms with E-state index in [2.05, 4.69) is 9.97 Å². The molecule has 0 spiro atoms. The normalized spacial score (nSPS) is 18.8. The van der Waals surface area contributed by atoms with E-state index in [1.165, 1.54) is 17.7 Å². The van der Waals surface area contributed by atoms with Crippen molar-refractivity contribution in [2.24, 2.45) is 0 Å². The smallest absolute Gasteiger partial charge is 0.342 e. The molecule has 1 unspecified atom stereocenters. The number of carbonyl (C=O) groups excluding carboxylic acids is 3. The summed E-state index contributed by atoms with van der Waals surface area (Å²) in [6.45, 7) is 0.629. The number of benzene rings is 1. The molecular formula is C19H14N4O4S. The fourth-order valence-electron chi connectivity index (χ4n) is 3.67. The first kappa shape index (κ1) is 16.8. The summed E-state index contributed by atoms with van der Waals surface area (Å²) >= 11 is 1.50. The summed E-state index contributed by atoms with van der Waals surface area (Å²) in [4.78, 5) is 54.3. The molecule has 140 valence electrons. The molecule has 0 radical (unpaired) electrons. The van der Waals surface area contributed by atoms with Gasteiger partial charge in [0.1, 0.15) is 23.0 Å². The fourth-order valence-corrected chi connectivity index (χ4v) is 4.40. The second-order valence-electron chi connectivity index (χ2n) is 6.55. The van der Waals surface area contributed by atoms with E-state index in [9.17, 15) is 14.4 Å². The van der Waals surface area contributed by atoms with Crippen LogP contribution in [0.25, 0.3) is 10.2 Å². The molecule has 28 heavy (non-hydrogen) atoms. The number of carbonyl (C=O) groups is 3. The number of aromatic nitrogens is 2. The minimum Gasteiger partial charge on any atom is -0.342 e. The van der Waals surface area contributed by atoms with Gasteiger partial charge in [-0.2, -0.15) is 0 Å². The van der Waals surface area contributed by atoms with Crippen molar-refractivity contribution in [3.05, 3.63) is 53.2 Å². The summed E-state index contributed by atoms with van der Waals surface area (Å²) < 4.78 is 0. The molecular weight excluding hydrogens is 380 g/mol. The highest BCUT2D eigenvalue weighted by Gasteiger charge is 2.42. The van der Waals surface area contributed by atoms with Crippen LogP contribution in [0.3, 0.4) is 0 Å². The number of rotatable bonds is 3. The van der Waals surface area contributed by atoms with Crippen LogP contribution in [0.15, 0.2) is 42.0 Å². The minimum absolute atomic E-state index is 0.236. The average molecular weight is 394 g/mol. The van der Waals surface area contributed by atoms with Crippen LogP contribution in [-0.2, 0) is 9.63 Å². The molecule has 1 aromatic carbocycles. The van der Waals surface area contributed by atoms with E-state index < -0.39 is 23.8 Å². The van der Waals surface area contributed by atoms with E-state index >= 15 is 0 Å². The second-order valence-corrected chi connectivity index (χ2v) is 7.44. The van der Waals surface area contributed by atoms with Crippen LogP contribution < -0.4 is 4.90 Å². The van der Waals surface area contributed by atoms with Crippen molar-refractivity contribution < 1.29 is 19.2 Å². The molecule has 8 nitrogen and oxygen atoms in total. The van der Waals surface area contributed by atoms with Crippen molar-refractivity contribution in [2.45, 2.75) is 18.9 Å². The summed E-state index contributed by atoms with van der Waals surface area (Å²) in [5.41, 5.74) is 0.471. The average Bonchev–Trinajstić information content (AvgIpc) is 3.43. The summed E-state index contributed by atoms with van der Waals surface area (Å²) in [7, 11) is 0. The standard InChI is InChI=1S/C19H14N4O4S/c24-17-11-4-1-2-5-12(11)18(25)23(17)27-19(26)14-6-3-8-22(14)15-13-7-9-28-16(13)21-10-20-15/h1-2,4-5,7,9-10,14H,3,6,8H2. The lowest BCUT2D eigenvalue weighted by atomic mass is 10.1. The lowest BCUT2D eigenvalue weighted by Gasteiger charge is -2.25. The maximum absolute atomic E-state index is 12.9. The number of fused-ring (bicyclic) bond motifs is 2. The van der Waals surface area contributed by atoms with Crippen LogP contribution in [0.5, 0.6) is 0 Å². The summed E-state index contributed by atoms with van der Waals surface area (Å²) in [5, 5.41) is 3.35. The van der Waals surface area contributed by atoms with Gasteiger partial charge in [-0.05, 0) is 36.4 Å². The fraction of sp³-hybridized carbons (Fsp3) is 0.211. The Morgan fingerprint density at radius 1 is 1.11 bits per heavy atom. The maximum Gasteiger partial charge on any atom is 0.355 e. The summed E-state index contributed by atoms with van der Waals surface area (Å²) in [6.07, 6.45) is 2.80. The molecule has 4 heterocycles. The third-order valence-corrected chi connectivity index (χ3v) is 5.80. The quantitative estimate of drug-likeness (QED) is 0.630. The molecule has 2 amide bonds. The van der Waals surface area contributed by atoms with Crippen molar-refractivity contribution >= 4 is 45.2 Å². The van der Waals surface area contributed by atoms with Crippen molar-refractivity contribution in [1.82, 2.24) is 15.0 Å². The Bertz CT molecular complexity index is 1090. The first-order chi connectivity index (χ1) is 13.6. The van der Waals surface area contributed by atoms with Gasteiger partial charge in [0, 0.05) is 6.54 Å². The van der Waals surface area contributed by atoms with Crippen molar-refractivity contribution in [3.63, 3.8) is 0 Å². The molecule has 1 fully saturated rings. The molecule has 0 N–H and O–H groups in total. The Morgan fingerprint density at radius 2 is 1.86 bits per heavy atom. The number of amides is 2. The third kappa shape index (κ3) is 2.47. The van der Waals surface area contributed by atoms with Crippen LogP contribution in [0, 0.1) is 0 Å². The summed E-state index contributed by atoms with van der Waals surface area (Å²) in [6, 6.07) is 7.70. The first-order valence-corrected chi connectivity index (χ1v) is 9.67. The van der Waals surface area contributed by atoms with Gasteiger partial charge in [-0.15, -0.1) is 11.3 Å². The molecule has 0 aliphatic carbocycles. The van der Waals surface area contributed by atoms with Gasteiger partial charge >= 0.3 is 5.97 Å². The molecule has 0 bridgehead atoms. The molecule has 5 rings (SSSR count). The SMILES string of the molecule is O=C(ON1C(=O)c2ccccc2C1=O)C1CCCN1c1ncnc2sccc12. The van der Waals surface area contributed by atoms with Gasteiger partial charge in [-0.3, -0.25) is 9.59 Å². The van der Waals surface area contributed by atoms with Crippen molar-refractivity contribution in [3.8, 4) is 0 Å². The maximum atomic E-state index is 12.9. The Morgan fingerprint density at radius 3 is 2.61 bits per heavy atom. The highest BCUT2D eigenvalue weighted by Crippen LogP contribution is 2.32. The number of hydroxylamine groups is 2. The largest absolute Gasteiger partial charge is 0.355 e. The zero-order chi connectivity index (χ0) is 19.3. The van der Waals surface area contributed by atoms with E-state index in [0.717, 1.165) is 16.6 Å². The number of imide groups is 1. The Hall–Kier alpha value is -3.33. The lowest BCUT2D eigenvalue weighted by Crippen LogP contribution is -2.43. The predicted octanol–water partition coefficient (Wildman–Crippen LogP) is 2.41. The molecule has 3 aromatic rings. The minimum atomic E-state index is -0.644. The van der Waals surface area contributed by atoms with E-state index in [1.807, 2.05) is 16.3 Å². The Kier molecular flexibility index (Phi) is 3.83. The molecule has 2 aliphatic heterocycles. The third-order valence-electron chi connectivity index (χ3n) is 4.98. The van der Waals surface area contributed by atoms with E-state index in [4.69, 9.17) is 4.84 Å². The van der Waals surface area contributed by atoms with Gasteiger partial charge in [0.25, 0.3) is 11.8 Å². The Labute approximate surface area is 163 Å². The van der Waals surface area contributed by atoms with Gasteiger partial charge in [-0.1, -0.05) is 17.2 Å². The number of hydrogen-bond acceptors (Lipinski definition) is 8. The number of hydrogen-bond donors (Lipinski definition) is 0. The predicted molar refractivity (Wildman–Crippen MR) is 101 cm³/mol. The topological polar surface area (TPSA) is 92.7 Å². The first-order valence-electron chi connectivity index (χ1n) is 8.79. The molecule has 0 saturated carbocycles. The van der Waals surface area contributed by atoms with Gasteiger partial charge in [-0.25, -0.2) is 14.8 Å². The van der Waals surface area contributed by atoms with E-state index in [0.29, 0.717) is 23.8 Å². The molecule has 2 aromatic heterocycles. The van der Waals surface area contributed by atoms with Gasteiger partial charge in [0.2, 0.25) is 0 Å². The van der Waals surface area contributed by atoms with Gasteiger partial charge in [0.15, 0.2) is 0 Å². The van der Waals surface area contributed by atoms with E-state index in [-0.39, 0.29) is 11.1 Å². The molecule has 1 saturated heterocycles. The van der Waals surface area contributed by atoms with Gasteiger partial charge < -0.3 is 9.74 Å². The monoisotopic (exact) mass is 394 g/mol. The van der Waals surface area contributed by atoms with Crippen LogP contribution in [-0.4, -0.2) is 45.4 Å². The van der Waals surface area contributed by atoms with Crippen molar-refractivity contribution in [2.75, 3.05) is 11.4 Å². The summed E-state index contributed by atoms with van der Waals surface area (Å²) in [5.74, 6) is -1.23. The molecule has 2 aliphatic rings. The van der Waals surface area contributed by atoms with Crippen LogP contribution >= 0.6 is 11.3 Å². The zero-order valence-corrected chi connectivity index (χ0v) is 15.4. The highest BCUT2D eigenvalue weighted by atomic mass is 32.1. The molecule has 1 atom stereocenters. The lowest BCUT2D eigenvalue weighted by molar-refractivity contribution is -0.169. The van der Waals surface area contributed by atoms with E-state index in [1.54, 1.807) is 24.3 Å². The second kappa shape index (κ2) is 6.38. The zero-order valence-electron chi connectivity index (χ0n) is 14.6.